The summed E-state index contributed by atoms with van der Waals surface area (Å²) in [6, 6.07) is 8.16. The van der Waals surface area contributed by atoms with E-state index in [2.05, 4.69) is 16.0 Å². The third kappa shape index (κ3) is 1.78. The maximum atomic E-state index is 11.8. The Morgan fingerprint density at radius 1 is 1.18 bits per heavy atom. The third-order valence-electron chi connectivity index (χ3n) is 3.51. The molecule has 17 heavy (non-hydrogen) atoms. The minimum atomic E-state index is -0.0632. The van der Waals surface area contributed by atoms with Gasteiger partial charge in [-0.1, -0.05) is 30.7 Å². The summed E-state index contributed by atoms with van der Waals surface area (Å²) < 4.78 is 0. The van der Waals surface area contributed by atoms with Crippen molar-refractivity contribution in [2.75, 3.05) is 0 Å². The third-order valence-corrected chi connectivity index (χ3v) is 3.51. The number of aromatic nitrogens is 2. The Morgan fingerprint density at radius 2 is 2.00 bits per heavy atom. The second kappa shape index (κ2) is 4.17. The first kappa shape index (κ1) is 10.3. The summed E-state index contributed by atoms with van der Waals surface area (Å²) in [6.07, 6.45) is 6.83. The van der Waals surface area contributed by atoms with Crippen molar-refractivity contribution in [1.29, 1.82) is 0 Å². The van der Waals surface area contributed by atoms with E-state index in [-0.39, 0.29) is 5.56 Å². The first-order valence-electron chi connectivity index (χ1n) is 5.98. The molecule has 0 amide bonds. The fourth-order valence-corrected chi connectivity index (χ4v) is 2.35. The van der Waals surface area contributed by atoms with Crippen LogP contribution in [0.15, 0.2) is 41.6 Å². The predicted octanol–water partition coefficient (Wildman–Crippen LogP) is 2.70. The molecule has 0 unspecified atom stereocenters. The minimum absolute atomic E-state index is 0.0632. The lowest BCUT2D eigenvalue weighted by atomic mass is 9.77. The number of hydrogen-bond acceptors (Lipinski definition) is 2. The minimum Gasteiger partial charge on any atom is -0.313 e. The highest BCUT2D eigenvalue weighted by atomic mass is 16.1. The van der Waals surface area contributed by atoms with Crippen LogP contribution in [-0.2, 0) is 0 Å². The smallest absolute Gasteiger partial charge is 0.258 e. The van der Waals surface area contributed by atoms with Gasteiger partial charge in [-0.2, -0.15) is 0 Å². The maximum absolute atomic E-state index is 11.8. The molecular weight excluding hydrogens is 212 g/mol. The molecule has 86 valence electrons. The van der Waals surface area contributed by atoms with Crippen LogP contribution in [0.3, 0.4) is 0 Å². The molecule has 0 aliphatic heterocycles. The first-order chi connectivity index (χ1) is 8.36. The molecule has 1 aromatic carbocycles. The van der Waals surface area contributed by atoms with Crippen molar-refractivity contribution in [3.05, 3.63) is 52.7 Å². The number of H-pyrrole nitrogens is 1. The van der Waals surface area contributed by atoms with Gasteiger partial charge in [0.25, 0.3) is 5.56 Å². The van der Waals surface area contributed by atoms with E-state index in [0.29, 0.717) is 11.5 Å². The zero-order valence-electron chi connectivity index (χ0n) is 9.52. The maximum Gasteiger partial charge on any atom is 0.258 e. The fourth-order valence-electron chi connectivity index (χ4n) is 2.35. The van der Waals surface area contributed by atoms with Crippen LogP contribution in [0, 0.1) is 0 Å². The lowest BCUT2D eigenvalue weighted by Gasteiger charge is -2.27. The average Bonchev–Trinajstić information content (AvgIpc) is 2.29. The van der Waals surface area contributed by atoms with Gasteiger partial charge in [0.15, 0.2) is 0 Å². The standard InChI is InChI=1S/C14H14N2O/c17-14-13(8-15-9-16-14)12-7-2-1-6-11(12)10-4-3-5-10/h1-2,6-10H,3-5H2,(H,15,16,17). The van der Waals surface area contributed by atoms with Gasteiger partial charge in [-0.3, -0.25) is 4.79 Å². The molecule has 1 aromatic heterocycles. The predicted molar refractivity (Wildman–Crippen MR) is 66.9 cm³/mol. The largest absolute Gasteiger partial charge is 0.313 e. The van der Waals surface area contributed by atoms with E-state index in [1.807, 2.05) is 18.2 Å². The second-order valence-corrected chi connectivity index (χ2v) is 4.51. The van der Waals surface area contributed by atoms with Crippen LogP contribution in [0.5, 0.6) is 0 Å². The number of hydrogen-bond donors (Lipinski definition) is 1. The molecule has 0 saturated heterocycles. The van der Waals surface area contributed by atoms with Gasteiger partial charge in [-0.25, -0.2) is 4.98 Å². The van der Waals surface area contributed by atoms with Crippen LogP contribution in [-0.4, -0.2) is 9.97 Å². The van der Waals surface area contributed by atoms with Crippen molar-refractivity contribution in [2.24, 2.45) is 0 Å². The Hall–Kier alpha value is -1.90. The Labute approximate surface area is 99.5 Å². The van der Waals surface area contributed by atoms with Crippen LogP contribution in [0.25, 0.3) is 11.1 Å². The second-order valence-electron chi connectivity index (χ2n) is 4.51. The Bertz CT molecular complexity index is 585. The summed E-state index contributed by atoms with van der Waals surface area (Å²) in [5.74, 6) is 0.616. The molecule has 2 aromatic rings. The molecule has 1 N–H and O–H groups in total. The van der Waals surface area contributed by atoms with E-state index in [1.165, 1.54) is 31.2 Å². The van der Waals surface area contributed by atoms with Crippen molar-refractivity contribution >= 4 is 0 Å². The number of nitrogens with zero attached hydrogens (tertiary/aromatic N) is 1. The molecule has 0 radical (unpaired) electrons. The number of aromatic amines is 1. The summed E-state index contributed by atoms with van der Waals surface area (Å²) in [4.78, 5) is 18.4. The Morgan fingerprint density at radius 3 is 2.71 bits per heavy atom. The molecule has 3 heteroatoms. The summed E-state index contributed by atoms with van der Waals surface area (Å²) in [5.41, 5.74) is 2.94. The zero-order valence-corrected chi connectivity index (χ0v) is 9.52. The summed E-state index contributed by atoms with van der Waals surface area (Å²) in [6.45, 7) is 0. The molecule has 1 heterocycles. The van der Waals surface area contributed by atoms with Crippen LogP contribution in [0.4, 0.5) is 0 Å². The molecule has 0 spiro atoms. The fraction of sp³-hybridized carbons (Fsp3) is 0.286. The Balaban J connectivity index is 2.14. The van der Waals surface area contributed by atoms with Crippen molar-refractivity contribution in [2.45, 2.75) is 25.2 Å². The van der Waals surface area contributed by atoms with Gasteiger partial charge in [-0.05, 0) is 29.9 Å². The molecular formula is C14H14N2O. The lowest BCUT2D eigenvalue weighted by molar-refractivity contribution is 0.420. The van der Waals surface area contributed by atoms with Gasteiger partial charge in [0.05, 0.1) is 11.9 Å². The SMILES string of the molecule is O=c1[nH]cncc1-c1ccccc1C1CCC1. The molecule has 3 rings (SSSR count). The van der Waals surface area contributed by atoms with Crippen molar-refractivity contribution < 1.29 is 0 Å². The van der Waals surface area contributed by atoms with E-state index < -0.39 is 0 Å². The van der Waals surface area contributed by atoms with Crippen molar-refractivity contribution in [1.82, 2.24) is 9.97 Å². The monoisotopic (exact) mass is 226 g/mol. The quantitative estimate of drug-likeness (QED) is 0.855. The number of nitrogens with one attached hydrogen (secondary N) is 1. The van der Waals surface area contributed by atoms with E-state index >= 15 is 0 Å². The number of rotatable bonds is 2. The van der Waals surface area contributed by atoms with Gasteiger partial charge in [-0.15, -0.1) is 0 Å². The zero-order chi connectivity index (χ0) is 11.7. The highest BCUT2D eigenvalue weighted by Crippen LogP contribution is 2.40. The van der Waals surface area contributed by atoms with Crippen LogP contribution in [0.1, 0.15) is 30.7 Å². The van der Waals surface area contributed by atoms with E-state index in [1.54, 1.807) is 6.20 Å². The summed E-state index contributed by atoms with van der Waals surface area (Å²) in [7, 11) is 0. The molecule has 0 bridgehead atoms. The lowest BCUT2D eigenvalue weighted by Crippen LogP contribution is -2.13. The highest BCUT2D eigenvalue weighted by Gasteiger charge is 2.22. The molecule has 3 nitrogen and oxygen atoms in total. The van der Waals surface area contributed by atoms with Crippen LogP contribution in [0.2, 0.25) is 0 Å². The molecule has 0 atom stereocenters. The van der Waals surface area contributed by atoms with Gasteiger partial charge in [0.1, 0.15) is 0 Å². The van der Waals surface area contributed by atoms with E-state index in [9.17, 15) is 4.79 Å². The molecule has 1 fully saturated rings. The van der Waals surface area contributed by atoms with Crippen LogP contribution < -0.4 is 5.56 Å². The van der Waals surface area contributed by atoms with Crippen molar-refractivity contribution in [3.63, 3.8) is 0 Å². The van der Waals surface area contributed by atoms with Gasteiger partial charge >= 0.3 is 0 Å². The van der Waals surface area contributed by atoms with Gasteiger partial charge in [0, 0.05) is 6.20 Å². The molecule has 1 saturated carbocycles. The van der Waals surface area contributed by atoms with Crippen molar-refractivity contribution in [3.8, 4) is 11.1 Å². The molecule has 1 aliphatic rings. The normalized spacial score (nSPS) is 15.5. The summed E-state index contributed by atoms with van der Waals surface area (Å²) >= 11 is 0. The molecule has 1 aliphatic carbocycles. The van der Waals surface area contributed by atoms with Crippen LogP contribution >= 0.6 is 0 Å². The Kier molecular flexibility index (Phi) is 2.52. The number of benzene rings is 1. The first-order valence-corrected chi connectivity index (χ1v) is 5.98. The van der Waals surface area contributed by atoms with E-state index in [0.717, 1.165) is 5.56 Å². The van der Waals surface area contributed by atoms with E-state index in [4.69, 9.17) is 0 Å². The summed E-state index contributed by atoms with van der Waals surface area (Å²) in [5, 5.41) is 0. The van der Waals surface area contributed by atoms with Gasteiger partial charge in [0.2, 0.25) is 0 Å². The average molecular weight is 226 g/mol. The topological polar surface area (TPSA) is 45.8 Å². The highest BCUT2D eigenvalue weighted by molar-refractivity contribution is 5.66. The van der Waals surface area contributed by atoms with Gasteiger partial charge < -0.3 is 4.98 Å².